The van der Waals surface area contributed by atoms with Gasteiger partial charge in [0.1, 0.15) is 5.69 Å². The number of aryl methyl sites for hydroxylation is 1. The predicted molar refractivity (Wildman–Crippen MR) is 67.7 cm³/mol. The van der Waals surface area contributed by atoms with E-state index in [1.54, 1.807) is 0 Å². The van der Waals surface area contributed by atoms with Crippen molar-refractivity contribution < 1.29 is 4.79 Å². The first-order valence-corrected chi connectivity index (χ1v) is 6.26. The van der Waals surface area contributed by atoms with Crippen LogP contribution in [-0.2, 0) is 7.05 Å². The van der Waals surface area contributed by atoms with Gasteiger partial charge in [0.15, 0.2) is 0 Å². The van der Waals surface area contributed by atoms with Crippen LogP contribution in [0, 0.1) is 5.92 Å². The quantitative estimate of drug-likeness (QED) is 0.838. The van der Waals surface area contributed by atoms with Gasteiger partial charge in [-0.25, -0.2) is 0 Å². The average Bonchev–Trinajstić information content (AvgIpc) is 2.74. The van der Waals surface area contributed by atoms with E-state index in [-0.39, 0.29) is 11.9 Å². The van der Waals surface area contributed by atoms with E-state index < -0.39 is 0 Å². The average molecular weight is 235 g/mol. The highest BCUT2D eigenvalue weighted by Gasteiger charge is 2.27. The molecule has 2 N–H and O–H groups in total. The van der Waals surface area contributed by atoms with Crippen molar-refractivity contribution in [2.24, 2.45) is 18.7 Å². The van der Waals surface area contributed by atoms with Crippen LogP contribution in [0.1, 0.15) is 30.3 Å². The van der Waals surface area contributed by atoms with Gasteiger partial charge >= 0.3 is 0 Å². The third-order valence-electron chi connectivity index (χ3n) is 3.65. The molecule has 1 aromatic heterocycles. The number of hydrogen-bond donors (Lipinski definition) is 1. The number of likely N-dealkylation sites (tertiary alicyclic amines) is 1. The van der Waals surface area contributed by atoms with Crippen molar-refractivity contribution in [2.45, 2.75) is 25.8 Å². The van der Waals surface area contributed by atoms with Gasteiger partial charge in [0.2, 0.25) is 0 Å². The van der Waals surface area contributed by atoms with E-state index in [1.165, 1.54) is 0 Å². The molecule has 0 saturated carbocycles. The zero-order valence-electron chi connectivity index (χ0n) is 10.6. The van der Waals surface area contributed by atoms with E-state index in [0.717, 1.165) is 31.6 Å². The van der Waals surface area contributed by atoms with Crippen LogP contribution in [0.15, 0.2) is 18.3 Å². The molecule has 0 unspecified atom stereocenters. The summed E-state index contributed by atoms with van der Waals surface area (Å²) in [5.41, 5.74) is 6.69. The first kappa shape index (κ1) is 12.2. The lowest BCUT2D eigenvalue weighted by Crippen LogP contribution is -2.45. The molecule has 0 bridgehead atoms. The van der Waals surface area contributed by atoms with Gasteiger partial charge in [-0.05, 0) is 37.8 Å². The minimum absolute atomic E-state index is 0.128. The fourth-order valence-corrected chi connectivity index (χ4v) is 2.47. The van der Waals surface area contributed by atoms with E-state index in [9.17, 15) is 4.79 Å². The normalized spacial score (nSPS) is 22.5. The summed E-state index contributed by atoms with van der Waals surface area (Å²) in [6.07, 6.45) is 4.09. The maximum Gasteiger partial charge on any atom is 0.270 e. The van der Waals surface area contributed by atoms with Crippen LogP contribution in [-0.4, -0.2) is 34.5 Å². The fraction of sp³-hybridized carbons (Fsp3) is 0.615. The van der Waals surface area contributed by atoms with Crippen molar-refractivity contribution in [2.75, 3.05) is 13.1 Å². The Bertz CT molecular complexity index is 397. The van der Waals surface area contributed by atoms with Gasteiger partial charge < -0.3 is 15.2 Å². The summed E-state index contributed by atoms with van der Waals surface area (Å²) in [5.74, 6) is 0.566. The van der Waals surface area contributed by atoms with Gasteiger partial charge in [-0.3, -0.25) is 4.79 Å². The van der Waals surface area contributed by atoms with Crippen molar-refractivity contribution in [3.05, 3.63) is 24.0 Å². The van der Waals surface area contributed by atoms with E-state index in [1.807, 2.05) is 41.8 Å². The van der Waals surface area contributed by atoms with Gasteiger partial charge in [-0.15, -0.1) is 0 Å². The molecule has 4 heteroatoms. The Hall–Kier alpha value is -1.29. The summed E-state index contributed by atoms with van der Waals surface area (Å²) in [5, 5.41) is 0. The van der Waals surface area contributed by atoms with Crippen LogP contribution in [0.4, 0.5) is 0 Å². The molecule has 0 aromatic carbocycles. The Morgan fingerprint density at radius 3 is 2.94 bits per heavy atom. The molecule has 0 aliphatic carbocycles. The van der Waals surface area contributed by atoms with E-state index in [4.69, 9.17) is 5.73 Å². The topological polar surface area (TPSA) is 51.3 Å². The molecule has 1 saturated heterocycles. The molecule has 94 valence electrons. The zero-order valence-corrected chi connectivity index (χ0v) is 10.6. The van der Waals surface area contributed by atoms with Crippen LogP contribution in [0.25, 0.3) is 0 Å². The largest absolute Gasteiger partial charge is 0.347 e. The number of nitrogens with zero attached hydrogens (tertiary/aromatic N) is 2. The number of hydrogen-bond acceptors (Lipinski definition) is 2. The summed E-state index contributed by atoms with van der Waals surface area (Å²) < 4.78 is 1.87. The molecule has 2 rings (SSSR count). The maximum absolute atomic E-state index is 12.3. The third kappa shape index (κ3) is 2.52. The lowest BCUT2D eigenvalue weighted by Gasteiger charge is -2.34. The second kappa shape index (κ2) is 4.92. The van der Waals surface area contributed by atoms with Crippen molar-refractivity contribution >= 4 is 5.91 Å². The Kier molecular flexibility index (Phi) is 3.52. The highest BCUT2D eigenvalue weighted by atomic mass is 16.2. The highest BCUT2D eigenvalue weighted by molar-refractivity contribution is 5.92. The van der Waals surface area contributed by atoms with Crippen LogP contribution in [0.2, 0.25) is 0 Å². The second-order valence-electron chi connectivity index (χ2n) is 5.02. The lowest BCUT2D eigenvalue weighted by molar-refractivity contribution is 0.0651. The number of aromatic nitrogens is 1. The Labute approximate surface area is 102 Å². The number of rotatable bonds is 2. The summed E-state index contributed by atoms with van der Waals surface area (Å²) in [6, 6.07) is 3.94. The van der Waals surface area contributed by atoms with Gasteiger partial charge in [0.05, 0.1) is 0 Å². The number of nitrogens with two attached hydrogens (primary N) is 1. The van der Waals surface area contributed by atoms with E-state index >= 15 is 0 Å². The van der Waals surface area contributed by atoms with Gasteiger partial charge in [-0.2, -0.15) is 0 Å². The van der Waals surface area contributed by atoms with Gasteiger partial charge in [0, 0.05) is 32.4 Å². The monoisotopic (exact) mass is 235 g/mol. The molecular formula is C13H21N3O. The molecule has 1 aliphatic rings. The molecule has 1 fully saturated rings. The zero-order chi connectivity index (χ0) is 12.4. The molecule has 1 aliphatic heterocycles. The van der Waals surface area contributed by atoms with Gasteiger partial charge in [-0.1, -0.05) is 0 Å². The number of carbonyl (C=O) groups excluding carboxylic acids is 1. The third-order valence-corrected chi connectivity index (χ3v) is 3.65. The molecule has 2 atom stereocenters. The fourth-order valence-electron chi connectivity index (χ4n) is 2.47. The number of piperidine rings is 1. The Morgan fingerprint density at radius 1 is 1.59 bits per heavy atom. The van der Waals surface area contributed by atoms with Crippen LogP contribution < -0.4 is 5.73 Å². The summed E-state index contributed by atoms with van der Waals surface area (Å²) in [4.78, 5) is 14.3. The van der Waals surface area contributed by atoms with Crippen molar-refractivity contribution in [3.63, 3.8) is 0 Å². The molecular weight excluding hydrogens is 214 g/mol. The summed E-state index contributed by atoms with van der Waals surface area (Å²) in [6.45, 7) is 3.68. The molecule has 0 radical (unpaired) electrons. The predicted octanol–water partition coefficient (Wildman–Crippen LogP) is 1.22. The van der Waals surface area contributed by atoms with Crippen LogP contribution in [0.5, 0.6) is 0 Å². The van der Waals surface area contributed by atoms with Crippen molar-refractivity contribution in [1.29, 1.82) is 0 Å². The van der Waals surface area contributed by atoms with Crippen molar-refractivity contribution in [3.8, 4) is 0 Å². The first-order valence-electron chi connectivity index (χ1n) is 6.26. The van der Waals surface area contributed by atoms with E-state index in [2.05, 4.69) is 0 Å². The van der Waals surface area contributed by atoms with Crippen LogP contribution in [0.3, 0.4) is 0 Å². The highest BCUT2D eigenvalue weighted by Crippen LogP contribution is 2.20. The molecule has 17 heavy (non-hydrogen) atoms. The van der Waals surface area contributed by atoms with Crippen LogP contribution >= 0.6 is 0 Å². The minimum Gasteiger partial charge on any atom is -0.347 e. The SMILES string of the molecule is C[C@H](N)[C@H]1CCCN(C(=O)c2cccn2C)C1. The molecule has 1 amide bonds. The molecule has 4 nitrogen and oxygen atoms in total. The van der Waals surface area contributed by atoms with Gasteiger partial charge in [0.25, 0.3) is 5.91 Å². The smallest absolute Gasteiger partial charge is 0.270 e. The van der Waals surface area contributed by atoms with Crippen molar-refractivity contribution in [1.82, 2.24) is 9.47 Å². The molecule has 2 heterocycles. The first-order chi connectivity index (χ1) is 8.09. The molecule has 0 spiro atoms. The molecule has 1 aromatic rings. The standard InChI is InChI=1S/C13H21N3O/c1-10(14)11-5-3-8-16(9-11)13(17)12-6-4-7-15(12)2/h4,6-7,10-11H,3,5,8-9,14H2,1-2H3/t10-,11-/m0/s1. The number of carbonyl (C=O) groups is 1. The number of amides is 1. The lowest BCUT2D eigenvalue weighted by atomic mass is 9.92. The maximum atomic E-state index is 12.3. The second-order valence-corrected chi connectivity index (χ2v) is 5.02. The summed E-state index contributed by atoms with van der Waals surface area (Å²) in [7, 11) is 1.90. The Morgan fingerprint density at radius 2 is 2.35 bits per heavy atom. The summed E-state index contributed by atoms with van der Waals surface area (Å²) >= 11 is 0. The minimum atomic E-state index is 0.128. The van der Waals surface area contributed by atoms with E-state index in [0.29, 0.717) is 5.92 Å². The Balaban J connectivity index is 2.07.